The van der Waals surface area contributed by atoms with Crippen LogP contribution in [0.4, 0.5) is 0 Å². The van der Waals surface area contributed by atoms with E-state index in [1.165, 1.54) is 0 Å². The van der Waals surface area contributed by atoms with Crippen LogP contribution >= 0.6 is 0 Å². The van der Waals surface area contributed by atoms with E-state index < -0.39 is 29.4 Å². The maximum Gasteiger partial charge on any atom is 0.305 e. The summed E-state index contributed by atoms with van der Waals surface area (Å²) in [7, 11) is 0. The predicted octanol–water partition coefficient (Wildman–Crippen LogP) is 0.308. The molecule has 0 aliphatic carbocycles. The Morgan fingerprint density at radius 1 is 1.30 bits per heavy atom. The number of hydrogen-bond acceptors (Lipinski definition) is 5. The Morgan fingerprint density at radius 2 is 1.90 bits per heavy atom. The van der Waals surface area contributed by atoms with Crippen LogP contribution < -0.4 is 5.32 Å². The third-order valence-corrected chi connectivity index (χ3v) is 2.75. The lowest BCUT2D eigenvalue weighted by molar-refractivity contribution is -0.153. The van der Waals surface area contributed by atoms with E-state index in [4.69, 9.17) is 9.84 Å². The first-order valence-corrected chi connectivity index (χ1v) is 6.54. The van der Waals surface area contributed by atoms with Crippen molar-refractivity contribution in [3.8, 4) is 0 Å². The van der Waals surface area contributed by atoms with Crippen LogP contribution in [-0.4, -0.2) is 47.3 Å². The summed E-state index contributed by atoms with van der Waals surface area (Å²) < 4.78 is 4.93. The molecule has 0 saturated heterocycles. The van der Waals surface area contributed by atoms with Gasteiger partial charge in [-0.15, -0.1) is 0 Å². The molecule has 0 fully saturated rings. The number of aliphatic hydroxyl groups is 1. The number of nitrogens with one attached hydrogen (secondary N) is 1. The van der Waals surface area contributed by atoms with E-state index in [9.17, 15) is 19.5 Å². The van der Waals surface area contributed by atoms with Crippen LogP contribution in [0.3, 0.4) is 0 Å². The highest BCUT2D eigenvalue weighted by Gasteiger charge is 2.34. The van der Waals surface area contributed by atoms with Gasteiger partial charge in [-0.05, 0) is 6.42 Å². The van der Waals surface area contributed by atoms with E-state index in [-0.39, 0.29) is 26.0 Å². The molecule has 0 heterocycles. The summed E-state index contributed by atoms with van der Waals surface area (Å²) in [5.41, 5.74) is -0.915. The molecule has 0 aromatic carbocycles. The number of carboxylic acids is 1. The molecular formula is C13H23NO6. The van der Waals surface area contributed by atoms with Crippen molar-refractivity contribution in [2.75, 3.05) is 13.2 Å². The molecule has 1 atom stereocenters. The number of ether oxygens (including phenoxy) is 1. The second kappa shape index (κ2) is 8.52. The number of aliphatic hydroxyl groups excluding tert-OH is 1. The molecule has 0 bridgehead atoms. The number of carbonyl (C=O) groups is 3. The van der Waals surface area contributed by atoms with E-state index in [1.807, 2.05) is 0 Å². The lowest BCUT2D eigenvalue weighted by Gasteiger charge is -2.28. The van der Waals surface area contributed by atoms with E-state index in [0.717, 1.165) is 0 Å². The highest BCUT2D eigenvalue weighted by atomic mass is 16.5. The fourth-order valence-electron chi connectivity index (χ4n) is 1.35. The van der Waals surface area contributed by atoms with Gasteiger partial charge in [0.25, 0.3) is 0 Å². The third kappa shape index (κ3) is 7.08. The zero-order valence-corrected chi connectivity index (χ0v) is 12.1. The molecule has 0 aromatic rings. The Kier molecular flexibility index (Phi) is 7.83. The van der Waals surface area contributed by atoms with Crippen molar-refractivity contribution in [1.29, 1.82) is 0 Å². The van der Waals surface area contributed by atoms with Crippen LogP contribution in [0, 0.1) is 5.41 Å². The van der Waals surface area contributed by atoms with Gasteiger partial charge in [-0.25, -0.2) is 0 Å². The Hall–Kier alpha value is -1.63. The lowest BCUT2D eigenvalue weighted by atomic mass is 9.87. The van der Waals surface area contributed by atoms with Crippen molar-refractivity contribution < 1.29 is 29.3 Å². The average Bonchev–Trinajstić information content (AvgIpc) is 2.39. The second-order valence-corrected chi connectivity index (χ2v) is 5.19. The van der Waals surface area contributed by atoms with Crippen LogP contribution in [0.5, 0.6) is 0 Å². The minimum atomic E-state index is -1.34. The molecule has 20 heavy (non-hydrogen) atoms. The van der Waals surface area contributed by atoms with Gasteiger partial charge in [0.05, 0.1) is 6.61 Å². The second-order valence-electron chi connectivity index (χ2n) is 5.19. The molecule has 0 aromatic heterocycles. The van der Waals surface area contributed by atoms with Crippen molar-refractivity contribution in [2.24, 2.45) is 5.41 Å². The summed E-state index contributed by atoms with van der Waals surface area (Å²) in [6.07, 6.45) is -0.863. The number of aliphatic carboxylic acids is 1. The van der Waals surface area contributed by atoms with Gasteiger partial charge in [0.1, 0.15) is 6.10 Å². The van der Waals surface area contributed by atoms with Gasteiger partial charge in [0.15, 0.2) is 0 Å². The van der Waals surface area contributed by atoms with E-state index in [1.54, 1.807) is 20.8 Å². The van der Waals surface area contributed by atoms with Gasteiger partial charge in [-0.1, -0.05) is 20.8 Å². The maximum atomic E-state index is 11.7. The van der Waals surface area contributed by atoms with Crippen LogP contribution in [0.15, 0.2) is 0 Å². The number of carboxylic acid groups (broad SMARTS) is 1. The van der Waals surface area contributed by atoms with Gasteiger partial charge < -0.3 is 20.3 Å². The Morgan fingerprint density at radius 3 is 2.40 bits per heavy atom. The first-order valence-electron chi connectivity index (χ1n) is 6.54. The van der Waals surface area contributed by atoms with Crippen molar-refractivity contribution >= 4 is 17.8 Å². The van der Waals surface area contributed by atoms with Crippen molar-refractivity contribution in [1.82, 2.24) is 5.32 Å². The highest BCUT2D eigenvalue weighted by molar-refractivity contribution is 5.81. The monoisotopic (exact) mass is 289 g/mol. The minimum Gasteiger partial charge on any atom is -0.481 e. The summed E-state index contributed by atoms with van der Waals surface area (Å²) in [5, 5.41) is 20.8. The number of carbonyl (C=O) groups excluding carboxylic acids is 2. The molecule has 0 aliphatic heterocycles. The van der Waals surface area contributed by atoms with E-state index in [0.29, 0.717) is 6.42 Å². The largest absolute Gasteiger partial charge is 0.481 e. The first-order chi connectivity index (χ1) is 9.20. The van der Waals surface area contributed by atoms with Crippen LogP contribution in [-0.2, 0) is 19.1 Å². The molecule has 0 spiro atoms. The van der Waals surface area contributed by atoms with Crippen LogP contribution in [0.25, 0.3) is 0 Å². The Balaban J connectivity index is 4.18. The molecule has 3 N–H and O–H groups in total. The molecule has 0 radical (unpaired) electrons. The molecule has 0 saturated carbocycles. The van der Waals surface area contributed by atoms with E-state index >= 15 is 0 Å². The smallest absolute Gasteiger partial charge is 0.305 e. The molecule has 0 aliphatic rings. The van der Waals surface area contributed by atoms with Gasteiger partial charge in [-0.3, -0.25) is 14.4 Å². The quantitative estimate of drug-likeness (QED) is 0.416. The fourth-order valence-corrected chi connectivity index (χ4v) is 1.35. The lowest BCUT2D eigenvalue weighted by Crippen LogP contribution is -2.46. The van der Waals surface area contributed by atoms with Gasteiger partial charge in [-0.2, -0.15) is 0 Å². The van der Waals surface area contributed by atoms with Crippen LogP contribution in [0.1, 0.15) is 40.0 Å². The molecule has 0 rings (SSSR count). The summed E-state index contributed by atoms with van der Waals surface area (Å²) in [5.74, 6) is -1.94. The van der Waals surface area contributed by atoms with Gasteiger partial charge >= 0.3 is 11.9 Å². The maximum absolute atomic E-state index is 11.7. The first kappa shape index (κ1) is 18.4. The van der Waals surface area contributed by atoms with E-state index in [2.05, 4.69) is 5.32 Å². The molecule has 116 valence electrons. The molecule has 1 unspecified atom stereocenters. The summed E-state index contributed by atoms with van der Waals surface area (Å²) in [4.78, 5) is 33.1. The minimum absolute atomic E-state index is 0.0477. The number of hydrogen-bond donors (Lipinski definition) is 3. The summed E-state index contributed by atoms with van der Waals surface area (Å²) in [6, 6.07) is 0. The van der Waals surface area contributed by atoms with Gasteiger partial charge in [0.2, 0.25) is 5.91 Å². The standard InChI is InChI=1S/C13H23NO6/c1-4-10(17)20-8-13(2,3)11(18)12(19)14-7-5-6-9(15)16/h11,18H,4-8H2,1-3H3,(H,14,19)(H,15,16). The fraction of sp³-hybridized carbons (Fsp3) is 0.769. The predicted molar refractivity (Wildman–Crippen MR) is 70.9 cm³/mol. The number of amides is 1. The molecule has 7 heteroatoms. The van der Waals surface area contributed by atoms with Crippen molar-refractivity contribution in [2.45, 2.75) is 46.1 Å². The van der Waals surface area contributed by atoms with Gasteiger partial charge in [0, 0.05) is 24.8 Å². The molecule has 7 nitrogen and oxygen atoms in total. The molecular weight excluding hydrogens is 266 g/mol. The van der Waals surface area contributed by atoms with Crippen LogP contribution in [0.2, 0.25) is 0 Å². The third-order valence-electron chi connectivity index (χ3n) is 2.75. The Bertz CT molecular complexity index is 353. The van der Waals surface area contributed by atoms with Crippen molar-refractivity contribution in [3.63, 3.8) is 0 Å². The molecule has 1 amide bonds. The SMILES string of the molecule is CCC(=O)OCC(C)(C)C(O)C(=O)NCCCC(=O)O. The topological polar surface area (TPSA) is 113 Å². The zero-order chi connectivity index (χ0) is 15.8. The highest BCUT2D eigenvalue weighted by Crippen LogP contribution is 2.21. The summed E-state index contributed by atoms with van der Waals surface area (Å²) in [6.45, 7) is 4.98. The summed E-state index contributed by atoms with van der Waals surface area (Å²) >= 11 is 0. The Labute approximate surface area is 118 Å². The van der Waals surface area contributed by atoms with Crippen molar-refractivity contribution in [3.05, 3.63) is 0 Å². The average molecular weight is 289 g/mol. The number of esters is 1. The number of rotatable bonds is 9. The zero-order valence-electron chi connectivity index (χ0n) is 12.1. The normalized spacial score (nSPS) is 12.6.